The second-order valence-corrected chi connectivity index (χ2v) is 9.60. The Morgan fingerprint density at radius 3 is 2.44 bits per heavy atom. The monoisotopic (exact) mass is 378 g/mol. The number of aliphatic hydroxyl groups excluding tert-OH is 1. The van der Waals surface area contributed by atoms with E-state index < -0.39 is 17.6 Å². The molecule has 2 amide bonds. The van der Waals surface area contributed by atoms with E-state index in [1.54, 1.807) is 4.90 Å². The summed E-state index contributed by atoms with van der Waals surface area (Å²) in [6.45, 7) is 11.6. The molecular formula is C20H35BN2O4. The molecular weight excluding hydrogens is 343 g/mol. The highest BCUT2D eigenvalue weighted by Gasteiger charge is 2.49. The summed E-state index contributed by atoms with van der Waals surface area (Å²) in [7, 11) is 5.61. The van der Waals surface area contributed by atoms with E-state index in [0.717, 1.165) is 12.8 Å². The normalized spacial score (nSPS) is 33.7. The van der Waals surface area contributed by atoms with Crippen molar-refractivity contribution in [3.63, 3.8) is 0 Å². The number of ether oxygens (including phenoxy) is 1. The van der Waals surface area contributed by atoms with E-state index >= 15 is 0 Å². The number of rotatable bonds is 4. The number of amides is 2. The molecule has 0 aromatic carbocycles. The largest absolute Gasteiger partial charge is 0.393 e. The smallest absolute Gasteiger partial charge is 0.223 e. The third-order valence-electron chi connectivity index (χ3n) is 5.77. The van der Waals surface area contributed by atoms with Gasteiger partial charge in [-0.05, 0) is 72.6 Å². The van der Waals surface area contributed by atoms with E-state index in [4.69, 9.17) is 12.6 Å². The first-order valence-corrected chi connectivity index (χ1v) is 10.1. The quantitative estimate of drug-likeness (QED) is 0.737. The van der Waals surface area contributed by atoms with Crippen LogP contribution in [0.1, 0.15) is 73.6 Å². The fourth-order valence-electron chi connectivity index (χ4n) is 4.73. The average Bonchev–Trinajstić information content (AvgIpc) is 2.77. The molecule has 1 aliphatic carbocycles. The Morgan fingerprint density at radius 1 is 1.30 bits per heavy atom. The standard InChI is InChI=1S/C20H35BN2O4/c1-7-15-16(27-20(5,6)23(15)18(21)26)10-12-8-9-13(24)11-14(12)17(25)22-19(2,3)4/h12-16,24H,7-11H2,1-6H3,(H,22,25)/t12?,13?,14?,15-,16+/m0/s1. The summed E-state index contributed by atoms with van der Waals surface area (Å²) >= 11 is 0. The predicted octanol–water partition coefficient (Wildman–Crippen LogP) is 2.57. The maximum atomic E-state index is 12.8. The molecule has 2 rings (SSSR count). The molecule has 1 saturated heterocycles. The molecule has 2 fully saturated rings. The van der Waals surface area contributed by atoms with Gasteiger partial charge in [-0.25, -0.2) is 0 Å². The lowest BCUT2D eigenvalue weighted by molar-refractivity contribution is -0.132. The molecule has 2 N–H and O–H groups in total. The molecule has 7 heteroatoms. The van der Waals surface area contributed by atoms with E-state index in [-0.39, 0.29) is 35.4 Å². The Labute approximate surface area is 164 Å². The molecule has 2 aliphatic rings. The number of nitrogens with one attached hydrogen (secondary N) is 1. The van der Waals surface area contributed by atoms with Crippen LogP contribution in [0.3, 0.4) is 0 Å². The fourth-order valence-corrected chi connectivity index (χ4v) is 4.73. The van der Waals surface area contributed by atoms with Gasteiger partial charge in [0.1, 0.15) is 5.72 Å². The highest BCUT2D eigenvalue weighted by molar-refractivity contribution is 6.57. The molecule has 5 atom stereocenters. The van der Waals surface area contributed by atoms with Crippen LogP contribution in [0.25, 0.3) is 0 Å². The Kier molecular flexibility index (Phi) is 6.68. The summed E-state index contributed by atoms with van der Waals surface area (Å²) in [6, 6.07) is -0.101. The SMILES string of the molecule is [B]C(=O)N1[C@@H](CC)[C@@H](CC2CCC(O)CC2C(=O)NC(C)(C)C)OC1(C)C. The zero-order valence-electron chi connectivity index (χ0n) is 17.6. The van der Waals surface area contributed by atoms with E-state index in [2.05, 4.69) is 5.32 Å². The van der Waals surface area contributed by atoms with Gasteiger partial charge >= 0.3 is 0 Å². The second-order valence-electron chi connectivity index (χ2n) is 9.60. The van der Waals surface area contributed by atoms with Crippen LogP contribution in [0.2, 0.25) is 0 Å². The molecule has 1 saturated carbocycles. The van der Waals surface area contributed by atoms with Crippen LogP contribution in [0, 0.1) is 11.8 Å². The van der Waals surface area contributed by atoms with E-state index in [1.807, 2.05) is 41.5 Å². The maximum absolute atomic E-state index is 12.8. The lowest BCUT2D eigenvalue weighted by Gasteiger charge is -2.37. The van der Waals surface area contributed by atoms with Crippen LogP contribution >= 0.6 is 0 Å². The Bertz CT molecular complexity index is 561. The molecule has 6 nitrogen and oxygen atoms in total. The first kappa shape index (κ1) is 22.2. The molecule has 0 bridgehead atoms. The minimum absolute atomic E-state index is 0.0108. The van der Waals surface area contributed by atoms with E-state index in [0.29, 0.717) is 19.3 Å². The molecule has 3 unspecified atom stereocenters. The van der Waals surface area contributed by atoms with Gasteiger partial charge in [0.25, 0.3) is 0 Å². The summed E-state index contributed by atoms with van der Waals surface area (Å²) < 4.78 is 6.22. The van der Waals surface area contributed by atoms with Gasteiger partial charge in [-0.2, -0.15) is 0 Å². The minimum atomic E-state index is -0.755. The highest BCUT2D eigenvalue weighted by atomic mass is 16.5. The van der Waals surface area contributed by atoms with Crippen molar-refractivity contribution in [2.75, 3.05) is 0 Å². The molecule has 0 aromatic heterocycles. The topological polar surface area (TPSA) is 78.9 Å². The number of aliphatic hydroxyl groups is 1. The lowest BCUT2D eigenvalue weighted by Crippen LogP contribution is -2.49. The van der Waals surface area contributed by atoms with Gasteiger partial charge in [0.15, 0.2) is 5.81 Å². The summed E-state index contributed by atoms with van der Waals surface area (Å²) in [5.41, 5.74) is -1.07. The second kappa shape index (κ2) is 8.12. The summed E-state index contributed by atoms with van der Waals surface area (Å²) in [4.78, 5) is 26.4. The highest BCUT2D eigenvalue weighted by Crippen LogP contribution is 2.41. The molecule has 27 heavy (non-hydrogen) atoms. The zero-order chi connectivity index (χ0) is 20.6. The van der Waals surface area contributed by atoms with Gasteiger partial charge in [0.2, 0.25) is 13.8 Å². The van der Waals surface area contributed by atoms with Crippen LogP contribution in [-0.2, 0) is 9.53 Å². The maximum Gasteiger partial charge on any atom is 0.223 e. The number of nitrogens with zero attached hydrogens (tertiary/aromatic N) is 1. The van der Waals surface area contributed by atoms with Gasteiger partial charge in [0.05, 0.1) is 18.2 Å². The van der Waals surface area contributed by atoms with Gasteiger partial charge in [-0.3, -0.25) is 9.59 Å². The third-order valence-corrected chi connectivity index (χ3v) is 5.77. The van der Waals surface area contributed by atoms with Crippen LogP contribution in [-0.4, -0.2) is 59.1 Å². The van der Waals surface area contributed by atoms with Gasteiger partial charge in [0, 0.05) is 11.5 Å². The number of hydrogen-bond acceptors (Lipinski definition) is 4. The summed E-state index contributed by atoms with van der Waals surface area (Å²) in [5.74, 6) is -0.628. The number of hydrogen-bond donors (Lipinski definition) is 2. The van der Waals surface area contributed by atoms with Crippen molar-refractivity contribution in [2.45, 2.75) is 103 Å². The lowest BCUT2D eigenvalue weighted by atomic mass is 9.74. The van der Waals surface area contributed by atoms with Crippen molar-refractivity contribution in [1.29, 1.82) is 0 Å². The van der Waals surface area contributed by atoms with Crippen molar-refractivity contribution in [3.8, 4) is 0 Å². The average molecular weight is 378 g/mol. The zero-order valence-corrected chi connectivity index (χ0v) is 17.6. The first-order chi connectivity index (χ1) is 12.4. The van der Waals surface area contributed by atoms with Crippen molar-refractivity contribution in [2.24, 2.45) is 11.8 Å². The predicted molar refractivity (Wildman–Crippen MR) is 105 cm³/mol. The van der Waals surface area contributed by atoms with Crippen LogP contribution < -0.4 is 5.32 Å². The van der Waals surface area contributed by atoms with Gasteiger partial charge in [-0.15, -0.1) is 0 Å². The van der Waals surface area contributed by atoms with E-state index in [9.17, 15) is 14.7 Å². The van der Waals surface area contributed by atoms with Crippen molar-refractivity contribution in [1.82, 2.24) is 10.2 Å². The van der Waals surface area contributed by atoms with E-state index in [1.165, 1.54) is 0 Å². The van der Waals surface area contributed by atoms with Crippen LogP contribution in [0.15, 0.2) is 0 Å². The Morgan fingerprint density at radius 2 is 1.93 bits per heavy atom. The third kappa shape index (κ3) is 5.26. The Balaban J connectivity index is 2.17. The molecule has 0 aromatic rings. The van der Waals surface area contributed by atoms with Crippen molar-refractivity contribution < 1.29 is 19.4 Å². The first-order valence-electron chi connectivity index (χ1n) is 10.1. The molecule has 0 spiro atoms. The van der Waals surface area contributed by atoms with Gasteiger partial charge in [-0.1, -0.05) is 6.92 Å². The molecule has 2 radical (unpaired) electrons. The molecule has 152 valence electrons. The van der Waals surface area contributed by atoms with Crippen LogP contribution in [0.5, 0.6) is 0 Å². The van der Waals surface area contributed by atoms with Crippen LogP contribution in [0.4, 0.5) is 4.79 Å². The number of carbonyl (C=O) groups excluding carboxylic acids is 2. The molecule has 1 heterocycles. The molecule has 1 aliphatic heterocycles. The number of carbonyl (C=O) groups is 2. The minimum Gasteiger partial charge on any atom is -0.393 e. The van der Waals surface area contributed by atoms with Crippen molar-refractivity contribution in [3.05, 3.63) is 0 Å². The van der Waals surface area contributed by atoms with Crippen molar-refractivity contribution >= 4 is 19.6 Å². The summed E-state index contributed by atoms with van der Waals surface area (Å²) in [6.07, 6.45) is 2.75. The Hall–Kier alpha value is -1.08. The summed E-state index contributed by atoms with van der Waals surface area (Å²) in [5, 5.41) is 13.2. The van der Waals surface area contributed by atoms with Gasteiger partial charge < -0.3 is 20.1 Å². The fraction of sp³-hybridized carbons (Fsp3) is 0.900.